The second kappa shape index (κ2) is 9.87. The Bertz CT molecular complexity index is 963. The van der Waals surface area contributed by atoms with E-state index < -0.39 is 6.10 Å². The molecule has 4 nitrogen and oxygen atoms in total. The van der Waals surface area contributed by atoms with Crippen LogP contribution in [0.25, 0.3) is 10.8 Å². The Balaban J connectivity index is 1.95. The number of carbonyl (C=O) groups is 2. The number of benzene rings is 3. The van der Waals surface area contributed by atoms with Crippen LogP contribution in [0.4, 0.5) is 5.69 Å². The fraction of sp³-hybridized carbons (Fsp3) is 0.280. The van der Waals surface area contributed by atoms with Gasteiger partial charge in [0.25, 0.3) is 5.91 Å². The summed E-state index contributed by atoms with van der Waals surface area (Å²) in [5.74, 6) is -0.609. The van der Waals surface area contributed by atoms with Gasteiger partial charge in [0.1, 0.15) is 0 Å². The maximum absolute atomic E-state index is 13.4. The largest absolute Gasteiger partial charge is 0.447 e. The van der Waals surface area contributed by atoms with Gasteiger partial charge in [-0.25, -0.2) is 0 Å². The topological polar surface area (TPSA) is 46.6 Å². The molecular formula is C25H27NO3. The van der Waals surface area contributed by atoms with E-state index in [1.807, 2.05) is 72.8 Å². The second-order valence-corrected chi connectivity index (χ2v) is 7.13. The van der Waals surface area contributed by atoms with E-state index in [2.05, 4.69) is 6.92 Å². The van der Waals surface area contributed by atoms with Crippen LogP contribution in [0.2, 0.25) is 0 Å². The third-order valence-corrected chi connectivity index (χ3v) is 5.04. The van der Waals surface area contributed by atoms with Gasteiger partial charge in [-0.3, -0.25) is 9.59 Å². The predicted octanol–water partition coefficient (Wildman–Crippen LogP) is 5.67. The smallest absolute Gasteiger partial charge is 0.306 e. The molecule has 1 amide bonds. The Morgan fingerprint density at radius 2 is 1.59 bits per heavy atom. The molecule has 4 heteroatoms. The highest BCUT2D eigenvalue weighted by molar-refractivity contribution is 6.00. The normalized spacial score (nSPS) is 11.8. The molecule has 0 spiro atoms. The summed E-state index contributed by atoms with van der Waals surface area (Å²) >= 11 is 0. The number of hydrogen-bond donors (Lipinski definition) is 0. The fourth-order valence-corrected chi connectivity index (χ4v) is 3.39. The zero-order chi connectivity index (χ0) is 20.6. The SMILES string of the molecule is CCCCCC(=O)O[C@H](C(=O)N(C)c1ccccc1)c1cccc2ccccc12. The average molecular weight is 389 g/mol. The zero-order valence-corrected chi connectivity index (χ0v) is 17.0. The first-order chi connectivity index (χ1) is 14.1. The lowest BCUT2D eigenvalue weighted by molar-refractivity contribution is -0.155. The molecule has 3 aromatic rings. The maximum Gasteiger partial charge on any atom is 0.306 e. The second-order valence-electron chi connectivity index (χ2n) is 7.13. The fourth-order valence-electron chi connectivity index (χ4n) is 3.39. The number of ether oxygens (including phenoxy) is 1. The van der Waals surface area contributed by atoms with Gasteiger partial charge >= 0.3 is 5.97 Å². The van der Waals surface area contributed by atoms with E-state index in [1.165, 1.54) is 0 Å². The van der Waals surface area contributed by atoms with Gasteiger partial charge in [-0.15, -0.1) is 0 Å². The van der Waals surface area contributed by atoms with Crippen molar-refractivity contribution in [2.24, 2.45) is 0 Å². The first-order valence-electron chi connectivity index (χ1n) is 10.1. The van der Waals surface area contributed by atoms with E-state index >= 15 is 0 Å². The summed E-state index contributed by atoms with van der Waals surface area (Å²) < 4.78 is 5.77. The molecule has 29 heavy (non-hydrogen) atoms. The predicted molar refractivity (Wildman–Crippen MR) is 117 cm³/mol. The molecule has 0 fully saturated rings. The Labute approximate surface area is 172 Å². The summed E-state index contributed by atoms with van der Waals surface area (Å²) in [6, 6.07) is 23.0. The number of likely N-dealkylation sites (N-methyl/N-ethyl adjacent to an activating group) is 1. The van der Waals surface area contributed by atoms with Crippen LogP contribution >= 0.6 is 0 Å². The molecule has 150 valence electrons. The molecule has 0 saturated heterocycles. The lowest BCUT2D eigenvalue weighted by Crippen LogP contribution is -2.34. The van der Waals surface area contributed by atoms with Crippen molar-refractivity contribution in [3.63, 3.8) is 0 Å². The van der Waals surface area contributed by atoms with Crippen LogP contribution in [-0.4, -0.2) is 18.9 Å². The van der Waals surface area contributed by atoms with Gasteiger partial charge in [0.15, 0.2) is 0 Å². The van der Waals surface area contributed by atoms with Gasteiger partial charge in [0, 0.05) is 24.7 Å². The number of anilines is 1. The number of fused-ring (bicyclic) bond motifs is 1. The van der Waals surface area contributed by atoms with E-state index in [0.717, 1.165) is 35.7 Å². The molecular weight excluding hydrogens is 362 g/mol. The zero-order valence-electron chi connectivity index (χ0n) is 17.0. The van der Waals surface area contributed by atoms with Crippen LogP contribution in [0.1, 0.15) is 44.3 Å². The van der Waals surface area contributed by atoms with Crippen molar-refractivity contribution >= 4 is 28.3 Å². The first kappa shape index (κ1) is 20.6. The van der Waals surface area contributed by atoms with Crippen molar-refractivity contribution in [1.29, 1.82) is 0 Å². The van der Waals surface area contributed by atoms with E-state index in [-0.39, 0.29) is 11.9 Å². The molecule has 0 saturated carbocycles. The minimum Gasteiger partial charge on any atom is -0.447 e. The van der Waals surface area contributed by atoms with Crippen LogP contribution in [0.5, 0.6) is 0 Å². The van der Waals surface area contributed by atoms with E-state index in [0.29, 0.717) is 12.0 Å². The number of para-hydroxylation sites is 1. The van der Waals surface area contributed by atoms with Crippen molar-refractivity contribution in [2.75, 3.05) is 11.9 Å². The molecule has 0 heterocycles. The molecule has 1 atom stereocenters. The Hall–Kier alpha value is -3.14. The Kier molecular flexibility index (Phi) is 7.01. The van der Waals surface area contributed by atoms with Crippen molar-refractivity contribution < 1.29 is 14.3 Å². The van der Waals surface area contributed by atoms with Crippen molar-refractivity contribution in [2.45, 2.75) is 38.7 Å². The minimum atomic E-state index is -0.986. The molecule has 3 aromatic carbocycles. The van der Waals surface area contributed by atoms with Crippen LogP contribution < -0.4 is 4.90 Å². The van der Waals surface area contributed by atoms with Crippen molar-refractivity contribution in [3.05, 3.63) is 78.4 Å². The van der Waals surface area contributed by atoms with Gasteiger partial charge in [0.2, 0.25) is 6.10 Å². The highest BCUT2D eigenvalue weighted by Gasteiger charge is 2.29. The Morgan fingerprint density at radius 3 is 2.34 bits per heavy atom. The number of unbranched alkanes of at least 4 members (excludes halogenated alkanes) is 2. The number of nitrogens with zero attached hydrogens (tertiary/aromatic N) is 1. The number of carbonyl (C=O) groups excluding carboxylic acids is 2. The number of hydrogen-bond acceptors (Lipinski definition) is 3. The molecule has 0 aliphatic carbocycles. The third-order valence-electron chi connectivity index (χ3n) is 5.04. The highest BCUT2D eigenvalue weighted by atomic mass is 16.5. The summed E-state index contributed by atoms with van der Waals surface area (Å²) in [6.07, 6.45) is 2.08. The lowest BCUT2D eigenvalue weighted by atomic mass is 9.99. The Morgan fingerprint density at radius 1 is 0.897 bits per heavy atom. The average Bonchev–Trinajstić information content (AvgIpc) is 2.77. The monoisotopic (exact) mass is 389 g/mol. The van der Waals surface area contributed by atoms with Crippen molar-refractivity contribution in [3.8, 4) is 0 Å². The van der Waals surface area contributed by atoms with Gasteiger partial charge < -0.3 is 9.64 Å². The van der Waals surface area contributed by atoms with E-state index in [9.17, 15) is 9.59 Å². The van der Waals surface area contributed by atoms with E-state index in [4.69, 9.17) is 4.74 Å². The van der Waals surface area contributed by atoms with Gasteiger partial charge in [0.05, 0.1) is 0 Å². The molecule has 3 rings (SSSR count). The number of amides is 1. The summed E-state index contributed by atoms with van der Waals surface area (Å²) in [5.41, 5.74) is 1.46. The maximum atomic E-state index is 13.4. The number of rotatable bonds is 8. The van der Waals surface area contributed by atoms with E-state index in [1.54, 1.807) is 11.9 Å². The van der Waals surface area contributed by atoms with Crippen molar-refractivity contribution in [1.82, 2.24) is 0 Å². The highest BCUT2D eigenvalue weighted by Crippen LogP contribution is 2.30. The molecule has 0 radical (unpaired) electrons. The quantitative estimate of drug-likeness (QED) is 0.368. The molecule has 0 N–H and O–H groups in total. The summed E-state index contributed by atoms with van der Waals surface area (Å²) in [5, 5.41) is 1.92. The minimum absolute atomic E-state index is 0.267. The number of esters is 1. The van der Waals surface area contributed by atoms with Gasteiger partial charge in [-0.1, -0.05) is 80.4 Å². The summed E-state index contributed by atoms with van der Waals surface area (Å²) in [6.45, 7) is 2.09. The van der Waals surface area contributed by atoms with Crippen LogP contribution in [0.3, 0.4) is 0 Å². The standard InChI is InChI=1S/C25H27NO3/c1-3-4-6-18-23(27)29-24(25(28)26(2)20-14-7-5-8-15-20)22-17-11-13-19-12-9-10-16-21(19)22/h5,7-17,24H,3-4,6,18H2,1-2H3/t24-/m0/s1. The third kappa shape index (κ3) is 5.02. The summed E-state index contributed by atoms with van der Waals surface area (Å²) in [4.78, 5) is 27.5. The molecule has 0 aliphatic heterocycles. The molecule has 0 aromatic heterocycles. The molecule has 0 bridgehead atoms. The first-order valence-corrected chi connectivity index (χ1v) is 10.1. The van der Waals surface area contributed by atoms with Gasteiger partial charge in [-0.05, 0) is 29.3 Å². The van der Waals surface area contributed by atoms with Crippen LogP contribution in [0, 0.1) is 0 Å². The summed E-state index contributed by atoms with van der Waals surface area (Å²) in [7, 11) is 1.71. The van der Waals surface area contributed by atoms with Crippen LogP contribution in [0.15, 0.2) is 72.8 Å². The molecule has 0 aliphatic rings. The molecule has 0 unspecified atom stereocenters. The van der Waals surface area contributed by atoms with Gasteiger partial charge in [-0.2, -0.15) is 0 Å². The lowest BCUT2D eigenvalue weighted by Gasteiger charge is -2.25. The van der Waals surface area contributed by atoms with Crippen LogP contribution in [-0.2, 0) is 14.3 Å².